The molecule has 0 saturated heterocycles. The Morgan fingerprint density at radius 2 is 0.852 bits per heavy atom. The molecule has 0 heterocycles. The van der Waals surface area contributed by atoms with E-state index < -0.39 is 0 Å². The van der Waals surface area contributed by atoms with Gasteiger partial charge in [0.05, 0.1) is 26.7 Å². The van der Waals surface area contributed by atoms with Gasteiger partial charge >= 0.3 is 0 Å². The minimum absolute atomic E-state index is 0. The summed E-state index contributed by atoms with van der Waals surface area (Å²) in [4.78, 5) is 0. The molecule has 0 aliphatic rings. The molecule has 0 fully saturated rings. The number of nitrogens with zero attached hydrogens (tertiary/aromatic N) is 1. The fourth-order valence-electron chi connectivity index (χ4n) is 3.92. The van der Waals surface area contributed by atoms with Gasteiger partial charge in [0, 0.05) is 0 Å². The lowest BCUT2D eigenvalue weighted by molar-refractivity contribution is -0.898. The molecule has 0 aromatic rings. The van der Waals surface area contributed by atoms with E-state index in [4.69, 9.17) is 0 Å². The lowest BCUT2D eigenvalue weighted by atomic mass is 10.0. The molecule has 27 heavy (non-hydrogen) atoms. The van der Waals surface area contributed by atoms with Crippen LogP contribution in [0, 0.1) is 0 Å². The van der Waals surface area contributed by atoms with Crippen LogP contribution in [0.2, 0.25) is 0 Å². The summed E-state index contributed by atoms with van der Waals surface area (Å²) < 4.78 is 1.08. The molecule has 0 amide bonds. The van der Waals surface area contributed by atoms with Crippen LogP contribution in [0.15, 0.2) is 25.3 Å². The zero-order valence-corrected chi connectivity index (χ0v) is 20.4. The average molecular weight is 445 g/mol. The van der Waals surface area contributed by atoms with Crippen molar-refractivity contribution in [2.75, 3.05) is 26.7 Å². The molecule has 0 saturated carbocycles. The van der Waals surface area contributed by atoms with Crippen LogP contribution in [0.5, 0.6) is 0 Å². The molecular weight excluding hydrogens is 394 g/mol. The van der Waals surface area contributed by atoms with Crippen molar-refractivity contribution in [1.82, 2.24) is 0 Å². The molecule has 162 valence electrons. The van der Waals surface area contributed by atoms with Gasteiger partial charge in [0.25, 0.3) is 0 Å². The highest BCUT2D eigenvalue weighted by atomic mass is 79.9. The third-order valence-electron chi connectivity index (χ3n) is 5.69. The molecule has 0 aromatic carbocycles. The van der Waals surface area contributed by atoms with E-state index in [0.29, 0.717) is 0 Å². The SMILES string of the molecule is C=CC[N+](C)(CC=C)CCCCCCCCCCCCCCCCCC.[Br-]. The molecule has 0 rings (SSSR count). The van der Waals surface area contributed by atoms with Gasteiger partial charge in [-0.1, -0.05) is 110 Å². The number of rotatable bonds is 21. The van der Waals surface area contributed by atoms with Crippen LogP contribution in [-0.2, 0) is 0 Å². The van der Waals surface area contributed by atoms with Crippen molar-refractivity contribution in [3.63, 3.8) is 0 Å². The van der Waals surface area contributed by atoms with Gasteiger partial charge in [-0.2, -0.15) is 0 Å². The van der Waals surface area contributed by atoms with E-state index in [1.807, 2.05) is 0 Å². The molecule has 0 aliphatic heterocycles. The third-order valence-corrected chi connectivity index (χ3v) is 5.69. The first-order valence-corrected chi connectivity index (χ1v) is 11.7. The summed E-state index contributed by atoms with van der Waals surface area (Å²) >= 11 is 0. The Hall–Kier alpha value is -0.0800. The van der Waals surface area contributed by atoms with E-state index in [2.05, 4.69) is 39.3 Å². The summed E-state index contributed by atoms with van der Waals surface area (Å²) in [5.41, 5.74) is 0. The molecule has 0 spiro atoms. The predicted octanol–water partition coefficient (Wildman–Crippen LogP) is 5.07. The van der Waals surface area contributed by atoms with Crippen LogP contribution >= 0.6 is 0 Å². The van der Waals surface area contributed by atoms with E-state index in [0.717, 1.165) is 17.6 Å². The smallest absolute Gasteiger partial charge is 0.0971 e. The van der Waals surface area contributed by atoms with Gasteiger partial charge in [-0.3, -0.25) is 0 Å². The Morgan fingerprint density at radius 1 is 0.556 bits per heavy atom. The minimum atomic E-state index is 0. The first-order valence-electron chi connectivity index (χ1n) is 11.7. The number of hydrogen-bond acceptors (Lipinski definition) is 0. The zero-order valence-electron chi connectivity index (χ0n) is 18.8. The summed E-state index contributed by atoms with van der Waals surface area (Å²) in [6.45, 7) is 13.5. The van der Waals surface area contributed by atoms with E-state index >= 15 is 0 Å². The summed E-state index contributed by atoms with van der Waals surface area (Å²) in [6.07, 6.45) is 27.1. The third kappa shape index (κ3) is 20.5. The Kier molecular flexibility index (Phi) is 24.0. The number of quaternary nitrogens is 1. The first kappa shape index (κ1) is 29.1. The molecule has 0 aromatic heterocycles. The Morgan fingerprint density at radius 3 is 1.15 bits per heavy atom. The standard InChI is InChI=1S/C25H50N.BrH/c1-5-8-9-10-11-12-13-14-15-16-17-18-19-20-21-22-25-26(4,23-6-2)24-7-3;/h6-7H,2-3,5,8-25H2,1,4H3;1H/q+1;/p-1. The van der Waals surface area contributed by atoms with E-state index in [9.17, 15) is 0 Å². The van der Waals surface area contributed by atoms with Gasteiger partial charge in [0.1, 0.15) is 0 Å². The Bertz CT molecular complexity index is 303. The van der Waals surface area contributed by atoms with Crippen molar-refractivity contribution >= 4 is 0 Å². The average Bonchev–Trinajstić information content (AvgIpc) is 2.62. The van der Waals surface area contributed by atoms with Crippen LogP contribution in [0.1, 0.15) is 110 Å². The van der Waals surface area contributed by atoms with Crippen LogP contribution in [-0.4, -0.2) is 31.2 Å². The van der Waals surface area contributed by atoms with Crippen molar-refractivity contribution in [1.29, 1.82) is 0 Å². The number of halogens is 1. The van der Waals surface area contributed by atoms with Gasteiger partial charge < -0.3 is 21.5 Å². The van der Waals surface area contributed by atoms with E-state index in [-0.39, 0.29) is 17.0 Å². The molecule has 0 unspecified atom stereocenters. The number of unbranched alkanes of at least 4 members (excludes halogenated alkanes) is 15. The largest absolute Gasteiger partial charge is 1.00 e. The van der Waals surface area contributed by atoms with Crippen LogP contribution < -0.4 is 17.0 Å². The maximum Gasteiger partial charge on any atom is 0.0971 e. The second-order valence-corrected chi connectivity index (χ2v) is 8.59. The molecule has 2 heteroatoms. The lowest BCUT2D eigenvalue weighted by Gasteiger charge is -2.32. The lowest BCUT2D eigenvalue weighted by Crippen LogP contribution is -3.00. The van der Waals surface area contributed by atoms with Gasteiger partial charge in [-0.05, 0) is 25.0 Å². The maximum absolute atomic E-state index is 3.90. The van der Waals surface area contributed by atoms with Crippen LogP contribution in [0.3, 0.4) is 0 Å². The zero-order chi connectivity index (χ0) is 19.3. The second-order valence-electron chi connectivity index (χ2n) is 8.59. The Balaban J connectivity index is 0. The molecule has 0 N–H and O–H groups in total. The Labute approximate surface area is 183 Å². The van der Waals surface area contributed by atoms with Gasteiger partial charge in [0.2, 0.25) is 0 Å². The summed E-state index contributed by atoms with van der Waals surface area (Å²) in [6, 6.07) is 0. The fourth-order valence-corrected chi connectivity index (χ4v) is 3.92. The summed E-state index contributed by atoms with van der Waals surface area (Å²) in [5, 5.41) is 0. The number of hydrogen-bond donors (Lipinski definition) is 0. The molecule has 1 nitrogen and oxygen atoms in total. The van der Waals surface area contributed by atoms with Crippen molar-refractivity contribution < 1.29 is 21.5 Å². The van der Waals surface area contributed by atoms with Crippen molar-refractivity contribution in [3.8, 4) is 0 Å². The van der Waals surface area contributed by atoms with Crippen LogP contribution in [0.25, 0.3) is 0 Å². The maximum atomic E-state index is 3.90. The summed E-state index contributed by atoms with van der Waals surface area (Å²) in [5.74, 6) is 0. The van der Waals surface area contributed by atoms with Crippen molar-refractivity contribution in [2.45, 2.75) is 110 Å². The highest BCUT2D eigenvalue weighted by molar-refractivity contribution is 4.71. The molecular formula is C25H50BrN. The minimum Gasteiger partial charge on any atom is -1.00 e. The molecule has 0 bridgehead atoms. The van der Waals surface area contributed by atoms with Crippen molar-refractivity contribution in [3.05, 3.63) is 25.3 Å². The second kappa shape index (κ2) is 22.2. The van der Waals surface area contributed by atoms with Crippen molar-refractivity contribution in [2.24, 2.45) is 0 Å². The fraction of sp³-hybridized carbons (Fsp3) is 0.840. The normalized spacial score (nSPS) is 11.2. The molecule has 0 aliphatic carbocycles. The molecule has 0 atom stereocenters. The van der Waals surface area contributed by atoms with E-state index in [1.54, 1.807) is 0 Å². The topological polar surface area (TPSA) is 0 Å². The summed E-state index contributed by atoms with van der Waals surface area (Å²) in [7, 11) is 2.33. The monoisotopic (exact) mass is 443 g/mol. The first-order chi connectivity index (χ1) is 12.7. The van der Waals surface area contributed by atoms with E-state index in [1.165, 1.54) is 109 Å². The highest BCUT2D eigenvalue weighted by Gasteiger charge is 2.16. The van der Waals surface area contributed by atoms with Gasteiger partial charge in [0.15, 0.2) is 0 Å². The quantitative estimate of drug-likeness (QED) is 0.132. The van der Waals surface area contributed by atoms with Crippen LogP contribution in [0.4, 0.5) is 0 Å². The van der Waals surface area contributed by atoms with Gasteiger partial charge in [-0.25, -0.2) is 0 Å². The highest BCUT2D eigenvalue weighted by Crippen LogP contribution is 2.14. The number of likely N-dealkylation sites (N-methyl/N-ethyl adjacent to an activating group) is 1. The molecule has 0 radical (unpaired) electrons. The predicted molar refractivity (Wildman–Crippen MR) is 121 cm³/mol. The van der Waals surface area contributed by atoms with Gasteiger partial charge in [-0.15, -0.1) is 0 Å².